The Bertz CT molecular complexity index is 648. The number of hydrogen-bond donors (Lipinski definition) is 3. The van der Waals surface area contributed by atoms with Gasteiger partial charge < -0.3 is 15.7 Å². The maximum absolute atomic E-state index is 12.2. The minimum atomic E-state index is -0.797. The molecule has 3 rings (SSSR count). The minimum Gasteiger partial charge on any atom is -0.480 e. The van der Waals surface area contributed by atoms with Crippen LogP contribution in [0.3, 0.4) is 0 Å². The van der Waals surface area contributed by atoms with Gasteiger partial charge in [-0.2, -0.15) is 0 Å². The number of rotatable bonds is 9. The van der Waals surface area contributed by atoms with Gasteiger partial charge in [0.1, 0.15) is 0 Å². The number of benzene rings is 1. The molecule has 2 fully saturated rings. The molecule has 7 heteroatoms. The highest BCUT2D eigenvalue weighted by Crippen LogP contribution is 2.25. The van der Waals surface area contributed by atoms with Gasteiger partial charge in [0.2, 0.25) is 0 Å². The second-order valence-corrected chi connectivity index (χ2v) is 8.01. The highest BCUT2D eigenvalue weighted by molar-refractivity contribution is 5.74. The summed E-state index contributed by atoms with van der Waals surface area (Å²) in [5.74, 6) is -0.302. The molecule has 0 radical (unpaired) electrons. The van der Waals surface area contributed by atoms with E-state index in [0.29, 0.717) is 12.5 Å². The summed E-state index contributed by atoms with van der Waals surface area (Å²) in [5.41, 5.74) is 1.33. The zero-order valence-corrected chi connectivity index (χ0v) is 16.6. The summed E-state index contributed by atoms with van der Waals surface area (Å²) in [6.45, 7) is 6.52. The molecule has 3 N–H and O–H groups in total. The molecule has 1 heterocycles. The lowest BCUT2D eigenvalue weighted by atomic mass is 9.85. The van der Waals surface area contributed by atoms with Gasteiger partial charge in [0.15, 0.2) is 0 Å². The van der Waals surface area contributed by atoms with Crippen molar-refractivity contribution < 1.29 is 14.7 Å². The summed E-state index contributed by atoms with van der Waals surface area (Å²) in [7, 11) is 0. The van der Waals surface area contributed by atoms with Gasteiger partial charge in [0.25, 0.3) is 0 Å². The molecule has 1 aromatic carbocycles. The van der Waals surface area contributed by atoms with Gasteiger partial charge in [-0.05, 0) is 43.8 Å². The van der Waals surface area contributed by atoms with E-state index >= 15 is 0 Å². The fourth-order valence-corrected chi connectivity index (χ4v) is 4.21. The Morgan fingerprint density at radius 1 is 1.25 bits per heavy atom. The number of carbonyl (C=O) groups is 2. The van der Waals surface area contributed by atoms with E-state index in [1.165, 1.54) is 5.56 Å². The van der Waals surface area contributed by atoms with Gasteiger partial charge in [0.05, 0.1) is 6.54 Å². The van der Waals surface area contributed by atoms with Crippen molar-refractivity contribution in [1.82, 2.24) is 20.4 Å². The van der Waals surface area contributed by atoms with Crippen LogP contribution in [-0.2, 0) is 11.3 Å². The quantitative estimate of drug-likeness (QED) is 0.600. The number of carboxylic acids is 1. The Kier molecular flexibility index (Phi) is 7.28. The van der Waals surface area contributed by atoms with Crippen LogP contribution in [0.4, 0.5) is 4.79 Å². The van der Waals surface area contributed by atoms with Crippen molar-refractivity contribution in [2.24, 2.45) is 5.92 Å². The van der Waals surface area contributed by atoms with Gasteiger partial charge in [-0.1, -0.05) is 37.3 Å². The second kappa shape index (κ2) is 9.89. The van der Waals surface area contributed by atoms with E-state index in [1.54, 1.807) is 0 Å². The van der Waals surface area contributed by atoms with Crippen LogP contribution in [0, 0.1) is 5.92 Å². The molecule has 0 aromatic heterocycles. The summed E-state index contributed by atoms with van der Waals surface area (Å²) < 4.78 is 0. The molecule has 1 unspecified atom stereocenters. The van der Waals surface area contributed by atoms with Crippen molar-refractivity contribution >= 4 is 12.0 Å². The first-order valence-corrected chi connectivity index (χ1v) is 10.3. The Balaban J connectivity index is 1.30. The normalized spacial score (nSPS) is 24.7. The molecule has 7 nitrogen and oxygen atoms in total. The standard InChI is InChI=1S/C21H32N4O3/c1-2-25(15-20(26)27)19-10-18(11-19)23-21(28)22-12-17-8-9-24(14-17)13-16-6-4-3-5-7-16/h3-7,17-19H,2,8-15H2,1H3,(H,26,27)(H2,22,23,28). The van der Waals surface area contributed by atoms with Crippen LogP contribution in [0.15, 0.2) is 30.3 Å². The van der Waals surface area contributed by atoms with E-state index in [9.17, 15) is 9.59 Å². The first-order chi connectivity index (χ1) is 13.5. The molecule has 1 atom stereocenters. The van der Waals surface area contributed by atoms with Gasteiger partial charge >= 0.3 is 12.0 Å². The van der Waals surface area contributed by atoms with E-state index in [2.05, 4.69) is 39.8 Å². The smallest absolute Gasteiger partial charge is 0.317 e. The number of nitrogens with one attached hydrogen (secondary N) is 2. The van der Waals surface area contributed by atoms with Crippen molar-refractivity contribution in [2.75, 3.05) is 32.7 Å². The van der Waals surface area contributed by atoms with E-state index in [-0.39, 0.29) is 24.7 Å². The third-order valence-electron chi connectivity index (χ3n) is 5.88. The molecule has 2 aliphatic rings. The monoisotopic (exact) mass is 388 g/mol. The summed E-state index contributed by atoms with van der Waals surface area (Å²) in [5, 5.41) is 15.0. The molecule has 28 heavy (non-hydrogen) atoms. The summed E-state index contributed by atoms with van der Waals surface area (Å²) in [6, 6.07) is 10.8. The van der Waals surface area contributed by atoms with Gasteiger partial charge in [0, 0.05) is 31.7 Å². The van der Waals surface area contributed by atoms with Gasteiger partial charge in [-0.15, -0.1) is 0 Å². The lowest BCUT2D eigenvalue weighted by Gasteiger charge is -2.42. The van der Waals surface area contributed by atoms with Crippen LogP contribution in [0.2, 0.25) is 0 Å². The number of hydrogen-bond acceptors (Lipinski definition) is 4. The molecule has 1 saturated carbocycles. The fraction of sp³-hybridized carbons (Fsp3) is 0.619. The maximum Gasteiger partial charge on any atom is 0.317 e. The number of urea groups is 1. The molecule has 1 aliphatic carbocycles. The first-order valence-electron chi connectivity index (χ1n) is 10.3. The molecule has 2 amide bonds. The van der Waals surface area contributed by atoms with Gasteiger partial charge in [-0.3, -0.25) is 14.6 Å². The minimum absolute atomic E-state index is 0.0707. The largest absolute Gasteiger partial charge is 0.480 e. The second-order valence-electron chi connectivity index (χ2n) is 8.01. The Morgan fingerprint density at radius 2 is 2.00 bits per heavy atom. The lowest BCUT2D eigenvalue weighted by Crippen LogP contribution is -2.56. The number of nitrogens with zero attached hydrogens (tertiary/aromatic N) is 2. The molecule has 1 saturated heterocycles. The number of likely N-dealkylation sites (N-methyl/N-ethyl adjacent to an activating group) is 1. The average molecular weight is 389 g/mol. The van der Waals surface area contributed by atoms with Crippen LogP contribution in [0.1, 0.15) is 31.7 Å². The van der Waals surface area contributed by atoms with Crippen LogP contribution in [0.25, 0.3) is 0 Å². The first kappa shape index (κ1) is 20.6. The van der Waals surface area contributed by atoms with Gasteiger partial charge in [-0.25, -0.2) is 4.79 Å². The summed E-state index contributed by atoms with van der Waals surface area (Å²) in [4.78, 5) is 27.4. The number of amides is 2. The van der Waals surface area contributed by atoms with Crippen molar-refractivity contribution in [2.45, 2.75) is 44.8 Å². The molecule has 1 aromatic rings. The van der Waals surface area contributed by atoms with E-state index < -0.39 is 5.97 Å². The molecule has 154 valence electrons. The highest BCUT2D eigenvalue weighted by atomic mass is 16.4. The number of carboxylic acid groups (broad SMARTS) is 1. The lowest BCUT2D eigenvalue weighted by molar-refractivity contribution is -0.139. The Hall–Kier alpha value is -2.12. The number of carbonyl (C=O) groups excluding carboxylic acids is 1. The van der Waals surface area contributed by atoms with Crippen molar-refractivity contribution in [3.05, 3.63) is 35.9 Å². The van der Waals surface area contributed by atoms with Crippen molar-refractivity contribution in [3.63, 3.8) is 0 Å². The number of likely N-dealkylation sites (tertiary alicyclic amines) is 1. The zero-order chi connectivity index (χ0) is 19.9. The van der Waals surface area contributed by atoms with E-state index in [0.717, 1.165) is 45.4 Å². The van der Waals surface area contributed by atoms with Crippen LogP contribution >= 0.6 is 0 Å². The number of aliphatic carboxylic acids is 1. The predicted octanol–water partition coefficient (Wildman–Crippen LogP) is 1.75. The van der Waals surface area contributed by atoms with Crippen LogP contribution in [-0.4, -0.2) is 71.7 Å². The molecular formula is C21H32N4O3. The Morgan fingerprint density at radius 3 is 2.68 bits per heavy atom. The third kappa shape index (κ3) is 5.94. The molecule has 0 bridgehead atoms. The molecule has 1 aliphatic heterocycles. The maximum atomic E-state index is 12.2. The van der Waals surface area contributed by atoms with Crippen LogP contribution in [0.5, 0.6) is 0 Å². The highest BCUT2D eigenvalue weighted by Gasteiger charge is 2.34. The van der Waals surface area contributed by atoms with Crippen LogP contribution < -0.4 is 10.6 Å². The van der Waals surface area contributed by atoms with Crippen molar-refractivity contribution in [1.29, 1.82) is 0 Å². The topological polar surface area (TPSA) is 84.9 Å². The zero-order valence-electron chi connectivity index (χ0n) is 16.6. The summed E-state index contributed by atoms with van der Waals surface area (Å²) >= 11 is 0. The predicted molar refractivity (Wildman–Crippen MR) is 108 cm³/mol. The third-order valence-corrected chi connectivity index (χ3v) is 5.88. The van der Waals surface area contributed by atoms with E-state index in [1.807, 2.05) is 17.9 Å². The molecular weight excluding hydrogens is 356 g/mol. The SMILES string of the molecule is CCN(CC(=O)O)C1CC(NC(=O)NCC2CCN(Cc3ccccc3)C2)C1. The average Bonchev–Trinajstić information content (AvgIpc) is 3.09. The summed E-state index contributed by atoms with van der Waals surface area (Å²) in [6.07, 6.45) is 2.75. The molecule has 0 spiro atoms. The van der Waals surface area contributed by atoms with Crippen molar-refractivity contribution in [3.8, 4) is 0 Å². The fourth-order valence-electron chi connectivity index (χ4n) is 4.21. The van der Waals surface area contributed by atoms with E-state index in [4.69, 9.17) is 5.11 Å². The Labute approximate surface area is 167 Å².